The zero-order valence-corrected chi connectivity index (χ0v) is 26.8. The number of nitrogens with zero attached hydrogens (tertiary/aromatic N) is 5. The van der Waals surface area contributed by atoms with Crippen molar-refractivity contribution in [1.29, 1.82) is 5.26 Å². The van der Waals surface area contributed by atoms with Crippen molar-refractivity contribution in [2.45, 2.75) is 77.7 Å². The van der Waals surface area contributed by atoms with Gasteiger partial charge in [0.1, 0.15) is 29.8 Å². The molecule has 42 heavy (non-hydrogen) atoms. The molecule has 0 aliphatic carbocycles. The molecule has 1 fully saturated rings. The van der Waals surface area contributed by atoms with E-state index in [-0.39, 0.29) is 6.61 Å². The molecule has 222 valence electrons. The summed E-state index contributed by atoms with van der Waals surface area (Å²) in [6.07, 6.45) is 3.03. The molecule has 4 heterocycles. The van der Waals surface area contributed by atoms with Gasteiger partial charge in [0.2, 0.25) is 5.88 Å². The minimum absolute atomic E-state index is 0.0676. The Labute approximate surface area is 252 Å². The third-order valence-electron chi connectivity index (χ3n) is 7.82. The van der Waals surface area contributed by atoms with Crippen molar-refractivity contribution in [2.24, 2.45) is 0 Å². The number of benzene rings is 1. The van der Waals surface area contributed by atoms with Crippen molar-refractivity contribution in [3.63, 3.8) is 0 Å². The molecule has 5 rings (SSSR count). The molecule has 0 bridgehead atoms. The Bertz CT molecular complexity index is 1550. The smallest absolute Gasteiger partial charge is 0.213 e. The number of halogens is 1. The Morgan fingerprint density at radius 3 is 2.64 bits per heavy atom. The molecule has 1 aromatic carbocycles. The molecule has 0 spiro atoms. The number of hydrogen-bond acceptors (Lipinski definition) is 7. The summed E-state index contributed by atoms with van der Waals surface area (Å²) < 4.78 is 28.5. The number of thiophene rings is 1. The molecule has 0 saturated carbocycles. The molecule has 0 unspecified atom stereocenters. The lowest BCUT2D eigenvalue weighted by Crippen LogP contribution is -2.33. The summed E-state index contributed by atoms with van der Waals surface area (Å²) in [4.78, 5) is 14.7. The van der Waals surface area contributed by atoms with Gasteiger partial charge in [-0.2, -0.15) is 5.26 Å². The molecular weight excluding hydrogens is 566 g/mol. The molecule has 1 aliphatic heterocycles. The van der Waals surface area contributed by atoms with Crippen LogP contribution in [0.5, 0.6) is 5.88 Å². The number of likely N-dealkylation sites (tertiary alicyclic amines) is 1. The zero-order chi connectivity index (χ0) is 29.7. The summed E-state index contributed by atoms with van der Waals surface area (Å²) in [7, 11) is -1.14. The van der Waals surface area contributed by atoms with E-state index in [0.717, 1.165) is 67.9 Å². The van der Waals surface area contributed by atoms with Crippen molar-refractivity contribution in [3.8, 4) is 11.9 Å². The molecule has 0 atom stereocenters. The molecule has 0 amide bonds. The van der Waals surface area contributed by atoms with Gasteiger partial charge in [-0.15, -0.1) is 11.3 Å². The van der Waals surface area contributed by atoms with Crippen LogP contribution in [0.1, 0.15) is 53.2 Å². The Morgan fingerprint density at radius 2 is 1.93 bits per heavy atom. The van der Waals surface area contributed by atoms with Crippen LogP contribution in [0.3, 0.4) is 0 Å². The Balaban J connectivity index is 1.18. The Morgan fingerprint density at radius 1 is 1.12 bits per heavy atom. The fourth-order valence-electron chi connectivity index (χ4n) is 5.19. The van der Waals surface area contributed by atoms with E-state index in [9.17, 15) is 4.39 Å². The van der Waals surface area contributed by atoms with E-state index in [0.29, 0.717) is 29.7 Å². The molecular formula is C32H40FN5O2SSi. The maximum absolute atomic E-state index is 14.3. The van der Waals surface area contributed by atoms with Crippen LogP contribution in [-0.4, -0.2) is 47.2 Å². The van der Waals surface area contributed by atoms with Gasteiger partial charge in [0.25, 0.3) is 0 Å². The van der Waals surface area contributed by atoms with Gasteiger partial charge in [0, 0.05) is 42.8 Å². The fourth-order valence-corrected chi connectivity index (χ4v) is 6.94. The number of rotatable bonds is 12. The summed E-state index contributed by atoms with van der Waals surface area (Å²) in [5.41, 5.74) is 2.90. The van der Waals surface area contributed by atoms with Gasteiger partial charge in [-0.3, -0.25) is 4.90 Å². The molecule has 0 N–H and O–H groups in total. The van der Waals surface area contributed by atoms with Gasteiger partial charge < -0.3 is 14.0 Å². The average Bonchev–Trinajstić information content (AvgIpc) is 3.52. The van der Waals surface area contributed by atoms with Crippen LogP contribution in [0.2, 0.25) is 25.7 Å². The number of nitriles is 1. The second-order valence-electron chi connectivity index (χ2n) is 12.2. The van der Waals surface area contributed by atoms with Crippen LogP contribution in [0.4, 0.5) is 4.39 Å². The SMILES string of the molecule is CCc1cc2c(nc(CN3CCC(c4cccc(OCc5ccc(C#N)cc5F)n4)CC3)n2COCC[Si](C)(C)C)s1. The summed E-state index contributed by atoms with van der Waals surface area (Å²) in [5, 5.41) is 8.95. The molecule has 1 saturated heterocycles. The molecule has 1 aliphatic rings. The van der Waals surface area contributed by atoms with E-state index in [4.69, 9.17) is 24.7 Å². The van der Waals surface area contributed by atoms with E-state index in [1.165, 1.54) is 16.5 Å². The third kappa shape index (κ3) is 7.64. The number of piperidine rings is 1. The first-order valence-electron chi connectivity index (χ1n) is 14.8. The summed E-state index contributed by atoms with van der Waals surface area (Å²) in [6, 6.07) is 15.6. The van der Waals surface area contributed by atoms with Gasteiger partial charge in [-0.05, 0) is 62.7 Å². The first-order valence-corrected chi connectivity index (χ1v) is 19.3. The highest BCUT2D eigenvalue weighted by Crippen LogP contribution is 2.31. The lowest BCUT2D eigenvalue weighted by atomic mass is 9.93. The minimum Gasteiger partial charge on any atom is -0.473 e. The number of aryl methyl sites for hydroxylation is 1. The highest BCUT2D eigenvalue weighted by molar-refractivity contribution is 7.18. The normalized spacial score (nSPS) is 14.9. The quantitative estimate of drug-likeness (QED) is 0.124. The van der Waals surface area contributed by atoms with Crippen molar-refractivity contribution in [1.82, 2.24) is 19.4 Å². The first-order chi connectivity index (χ1) is 20.2. The maximum atomic E-state index is 14.3. The van der Waals surface area contributed by atoms with Crippen LogP contribution < -0.4 is 4.74 Å². The monoisotopic (exact) mass is 605 g/mol. The topological polar surface area (TPSA) is 76.2 Å². The molecule has 0 radical (unpaired) electrons. The van der Waals surface area contributed by atoms with Crippen molar-refractivity contribution in [3.05, 3.63) is 75.8 Å². The van der Waals surface area contributed by atoms with Crippen LogP contribution >= 0.6 is 11.3 Å². The van der Waals surface area contributed by atoms with E-state index >= 15 is 0 Å². The molecule has 4 aromatic rings. The number of imidazole rings is 1. The minimum atomic E-state index is -1.14. The first kappa shape index (κ1) is 30.4. The van der Waals surface area contributed by atoms with Gasteiger partial charge in [0.05, 0.1) is 23.7 Å². The number of pyridine rings is 1. The highest BCUT2D eigenvalue weighted by Gasteiger charge is 2.24. The van der Waals surface area contributed by atoms with Crippen molar-refractivity contribution >= 4 is 29.8 Å². The maximum Gasteiger partial charge on any atom is 0.213 e. The highest BCUT2D eigenvalue weighted by atomic mass is 32.1. The zero-order valence-electron chi connectivity index (χ0n) is 25.0. The van der Waals surface area contributed by atoms with Gasteiger partial charge in [-0.25, -0.2) is 14.4 Å². The van der Waals surface area contributed by atoms with Crippen LogP contribution in [0.15, 0.2) is 42.5 Å². The third-order valence-corrected chi connectivity index (χ3v) is 10.7. The second kappa shape index (κ2) is 13.5. The number of aromatic nitrogens is 3. The average molecular weight is 606 g/mol. The second-order valence-corrected chi connectivity index (χ2v) is 19.0. The molecule has 10 heteroatoms. The van der Waals surface area contributed by atoms with Crippen LogP contribution in [0, 0.1) is 17.1 Å². The van der Waals surface area contributed by atoms with Gasteiger partial charge in [0.15, 0.2) is 0 Å². The number of hydrogen-bond donors (Lipinski definition) is 0. The van der Waals surface area contributed by atoms with Gasteiger partial charge >= 0.3 is 0 Å². The van der Waals surface area contributed by atoms with E-state index < -0.39 is 13.9 Å². The fraction of sp³-hybridized carbons (Fsp3) is 0.469. The van der Waals surface area contributed by atoms with Gasteiger partial charge in [-0.1, -0.05) is 38.7 Å². The number of fused-ring (bicyclic) bond motifs is 1. The predicted octanol–water partition coefficient (Wildman–Crippen LogP) is 7.34. The van der Waals surface area contributed by atoms with E-state index in [2.05, 4.69) is 48.2 Å². The van der Waals surface area contributed by atoms with E-state index in [1.807, 2.05) is 12.1 Å². The standard InChI is InChI=1S/C32H40FN5O2SSi/c1-5-26-18-29-32(41-26)36-30(38(29)22-39-15-16-42(2,3)4)20-37-13-11-24(12-14-37)28-7-6-8-31(35-28)40-21-25-10-9-23(19-34)17-27(25)33/h6-10,17-18,24H,5,11-16,20-22H2,1-4H3. The molecule has 3 aromatic heterocycles. The Hall–Kier alpha value is -3.10. The summed E-state index contributed by atoms with van der Waals surface area (Å²) in [6.45, 7) is 13.5. The summed E-state index contributed by atoms with van der Waals surface area (Å²) >= 11 is 1.79. The largest absolute Gasteiger partial charge is 0.473 e. The van der Waals surface area contributed by atoms with Crippen LogP contribution in [-0.2, 0) is 31.0 Å². The Kier molecular flexibility index (Phi) is 9.73. The van der Waals surface area contributed by atoms with Crippen molar-refractivity contribution in [2.75, 3.05) is 19.7 Å². The summed E-state index contributed by atoms with van der Waals surface area (Å²) in [5.74, 6) is 1.47. The number of ether oxygens (including phenoxy) is 2. The van der Waals surface area contributed by atoms with Crippen LogP contribution in [0.25, 0.3) is 10.3 Å². The molecule has 7 nitrogen and oxygen atoms in total. The van der Waals surface area contributed by atoms with E-state index in [1.54, 1.807) is 29.5 Å². The lowest BCUT2D eigenvalue weighted by molar-refractivity contribution is 0.0848. The van der Waals surface area contributed by atoms with Crippen molar-refractivity contribution < 1.29 is 13.9 Å². The lowest BCUT2D eigenvalue weighted by Gasteiger charge is -2.31. The predicted molar refractivity (Wildman–Crippen MR) is 168 cm³/mol.